The maximum absolute atomic E-state index is 13.7. The SMILES string of the molecule is COc1ccc(-c2cc(C)no2)cc1S(=O)(=O)N1CCC[C@@H](CN2CCc3ccccc3C2)C1. The third-order valence-corrected chi connectivity index (χ3v) is 8.79. The molecule has 0 amide bonds. The Hall–Kier alpha value is -2.68. The molecule has 0 N–H and O–H groups in total. The van der Waals surface area contributed by atoms with E-state index in [0.717, 1.165) is 44.6 Å². The van der Waals surface area contributed by atoms with Gasteiger partial charge in [-0.25, -0.2) is 8.42 Å². The van der Waals surface area contributed by atoms with E-state index in [1.165, 1.54) is 18.2 Å². The number of nitrogens with zero attached hydrogens (tertiary/aromatic N) is 3. The minimum atomic E-state index is -3.72. The second-order valence-electron chi connectivity index (χ2n) is 9.32. The minimum Gasteiger partial charge on any atom is -0.495 e. The van der Waals surface area contributed by atoms with Crippen molar-refractivity contribution in [2.24, 2.45) is 5.92 Å². The Kier molecular flexibility index (Phi) is 6.46. The Labute approximate surface area is 201 Å². The molecule has 180 valence electrons. The highest BCUT2D eigenvalue weighted by Crippen LogP contribution is 2.34. The van der Waals surface area contributed by atoms with E-state index in [4.69, 9.17) is 9.26 Å². The average Bonchev–Trinajstić information content (AvgIpc) is 3.30. The second-order valence-corrected chi connectivity index (χ2v) is 11.2. The Bertz CT molecular complexity index is 1270. The summed E-state index contributed by atoms with van der Waals surface area (Å²) in [4.78, 5) is 2.64. The summed E-state index contributed by atoms with van der Waals surface area (Å²) < 4.78 is 39.9. The third-order valence-electron chi connectivity index (χ3n) is 6.90. The number of piperidine rings is 1. The molecule has 7 nitrogen and oxygen atoms in total. The molecule has 0 radical (unpaired) electrons. The van der Waals surface area contributed by atoms with Gasteiger partial charge < -0.3 is 9.26 Å². The van der Waals surface area contributed by atoms with E-state index in [2.05, 4.69) is 34.3 Å². The quantitative estimate of drug-likeness (QED) is 0.527. The summed E-state index contributed by atoms with van der Waals surface area (Å²) in [6.07, 6.45) is 2.95. The number of benzene rings is 2. The van der Waals surface area contributed by atoms with E-state index in [0.29, 0.717) is 36.1 Å². The molecule has 1 aromatic heterocycles. The van der Waals surface area contributed by atoms with Gasteiger partial charge in [-0.1, -0.05) is 29.4 Å². The summed E-state index contributed by atoms with van der Waals surface area (Å²) >= 11 is 0. The largest absolute Gasteiger partial charge is 0.495 e. The number of hydrogen-bond donors (Lipinski definition) is 0. The smallest absolute Gasteiger partial charge is 0.246 e. The van der Waals surface area contributed by atoms with Crippen molar-refractivity contribution in [2.75, 3.05) is 33.3 Å². The van der Waals surface area contributed by atoms with Crippen molar-refractivity contribution in [2.45, 2.75) is 37.6 Å². The highest BCUT2D eigenvalue weighted by molar-refractivity contribution is 7.89. The van der Waals surface area contributed by atoms with Crippen LogP contribution in [0.15, 0.2) is 57.9 Å². The Balaban J connectivity index is 1.34. The molecule has 0 saturated carbocycles. The van der Waals surface area contributed by atoms with E-state index in [9.17, 15) is 8.42 Å². The van der Waals surface area contributed by atoms with Gasteiger partial charge in [0.25, 0.3) is 0 Å². The first-order valence-corrected chi connectivity index (χ1v) is 13.3. The molecule has 2 aliphatic heterocycles. The predicted octanol–water partition coefficient (Wildman–Crippen LogP) is 4.12. The second kappa shape index (κ2) is 9.52. The van der Waals surface area contributed by atoms with Crippen molar-refractivity contribution >= 4 is 10.0 Å². The molecule has 0 spiro atoms. The highest BCUT2D eigenvalue weighted by atomic mass is 32.2. The first-order valence-electron chi connectivity index (χ1n) is 11.8. The lowest BCUT2D eigenvalue weighted by Gasteiger charge is -2.36. The zero-order chi connectivity index (χ0) is 23.7. The maximum atomic E-state index is 13.7. The number of fused-ring (bicyclic) bond motifs is 1. The van der Waals surface area contributed by atoms with Crippen molar-refractivity contribution in [1.82, 2.24) is 14.4 Å². The van der Waals surface area contributed by atoms with Crippen molar-refractivity contribution in [1.29, 1.82) is 0 Å². The van der Waals surface area contributed by atoms with Gasteiger partial charge in [-0.2, -0.15) is 4.31 Å². The number of ether oxygens (including phenoxy) is 1. The first kappa shape index (κ1) is 23.1. The third kappa shape index (κ3) is 4.62. The van der Waals surface area contributed by atoms with Crippen LogP contribution in [0.5, 0.6) is 5.75 Å². The Morgan fingerprint density at radius 2 is 1.94 bits per heavy atom. The summed E-state index contributed by atoms with van der Waals surface area (Å²) in [5.41, 5.74) is 4.23. The number of aryl methyl sites for hydroxylation is 1. The molecule has 2 aromatic carbocycles. The fourth-order valence-electron chi connectivity index (χ4n) is 5.14. The van der Waals surface area contributed by atoms with Gasteiger partial charge >= 0.3 is 0 Å². The molecule has 0 bridgehead atoms. The fraction of sp³-hybridized carbons (Fsp3) is 0.423. The lowest BCUT2D eigenvalue weighted by Crippen LogP contribution is -2.44. The van der Waals surface area contributed by atoms with Crippen LogP contribution in [-0.2, 0) is 23.0 Å². The van der Waals surface area contributed by atoms with E-state index in [1.54, 1.807) is 28.6 Å². The predicted molar refractivity (Wildman–Crippen MR) is 130 cm³/mol. The van der Waals surface area contributed by atoms with E-state index in [-0.39, 0.29) is 4.90 Å². The average molecular weight is 482 g/mol. The van der Waals surface area contributed by atoms with Gasteiger partial charge in [-0.15, -0.1) is 0 Å². The lowest BCUT2D eigenvalue weighted by atomic mass is 9.95. The van der Waals surface area contributed by atoms with Crippen LogP contribution in [0, 0.1) is 12.8 Å². The van der Waals surface area contributed by atoms with Gasteiger partial charge in [0.2, 0.25) is 10.0 Å². The molecular weight excluding hydrogens is 450 g/mol. The first-order chi connectivity index (χ1) is 16.4. The van der Waals surface area contributed by atoms with Gasteiger partial charge in [0, 0.05) is 44.4 Å². The van der Waals surface area contributed by atoms with Crippen LogP contribution < -0.4 is 4.74 Å². The molecule has 3 heterocycles. The number of rotatable bonds is 6. The summed E-state index contributed by atoms with van der Waals surface area (Å²) in [6, 6.07) is 15.5. The number of methoxy groups -OCH3 is 1. The normalized spacial score (nSPS) is 19.6. The van der Waals surface area contributed by atoms with Gasteiger partial charge in [0.15, 0.2) is 5.76 Å². The topological polar surface area (TPSA) is 75.9 Å². The van der Waals surface area contributed by atoms with Gasteiger partial charge in [-0.05, 0) is 61.4 Å². The molecule has 5 rings (SSSR count). The summed E-state index contributed by atoms with van der Waals surface area (Å²) in [5, 5.41) is 3.93. The van der Waals surface area contributed by atoms with Gasteiger partial charge in [-0.3, -0.25) is 4.90 Å². The minimum absolute atomic E-state index is 0.175. The monoisotopic (exact) mass is 481 g/mol. The molecule has 3 aromatic rings. The number of sulfonamides is 1. The maximum Gasteiger partial charge on any atom is 0.246 e. The van der Waals surface area contributed by atoms with Crippen molar-refractivity contribution in [3.8, 4) is 17.1 Å². The molecule has 0 aliphatic carbocycles. The van der Waals surface area contributed by atoms with Crippen LogP contribution in [-0.4, -0.2) is 56.1 Å². The highest BCUT2D eigenvalue weighted by Gasteiger charge is 2.33. The number of aromatic nitrogens is 1. The Morgan fingerprint density at radius 3 is 2.71 bits per heavy atom. The van der Waals surface area contributed by atoms with Crippen molar-refractivity contribution in [3.63, 3.8) is 0 Å². The zero-order valence-electron chi connectivity index (χ0n) is 19.7. The lowest BCUT2D eigenvalue weighted by molar-refractivity contribution is 0.167. The molecule has 2 aliphatic rings. The summed E-state index contributed by atoms with van der Waals surface area (Å²) in [5.74, 6) is 1.19. The molecule has 8 heteroatoms. The molecular formula is C26H31N3O4S. The van der Waals surface area contributed by atoms with Crippen LogP contribution in [0.1, 0.15) is 29.7 Å². The zero-order valence-corrected chi connectivity index (χ0v) is 20.6. The molecule has 1 fully saturated rings. The standard InChI is InChI=1S/C26H31N3O4S/c1-19-14-25(33-27-19)22-9-10-24(32-2)26(15-22)34(30,31)29-12-5-6-20(17-29)16-28-13-11-21-7-3-4-8-23(21)18-28/h3-4,7-10,14-15,20H,5-6,11-13,16-18H2,1-2H3/t20-/m0/s1. The van der Waals surface area contributed by atoms with Crippen molar-refractivity contribution in [3.05, 3.63) is 65.4 Å². The fourth-order valence-corrected chi connectivity index (χ4v) is 6.88. The van der Waals surface area contributed by atoms with E-state index >= 15 is 0 Å². The Morgan fingerprint density at radius 1 is 1.12 bits per heavy atom. The van der Waals surface area contributed by atoms with E-state index in [1.807, 2.05) is 6.92 Å². The van der Waals surface area contributed by atoms with Gasteiger partial charge in [0.05, 0.1) is 12.8 Å². The van der Waals surface area contributed by atoms with E-state index < -0.39 is 10.0 Å². The number of hydrogen-bond acceptors (Lipinski definition) is 6. The van der Waals surface area contributed by atoms with Crippen LogP contribution in [0.25, 0.3) is 11.3 Å². The van der Waals surface area contributed by atoms with Crippen LogP contribution in [0.4, 0.5) is 0 Å². The summed E-state index contributed by atoms with van der Waals surface area (Å²) in [7, 11) is -2.22. The van der Waals surface area contributed by atoms with Crippen LogP contribution in [0.2, 0.25) is 0 Å². The van der Waals surface area contributed by atoms with Crippen LogP contribution in [0.3, 0.4) is 0 Å². The molecule has 0 unspecified atom stereocenters. The summed E-state index contributed by atoms with van der Waals surface area (Å²) in [6.45, 7) is 5.75. The van der Waals surface area contributed by atoms with Crippen molar-refractivity contribution < 1.29 is 17.7 Å². The van der Waals surface area contributed by atoms with Gasteiger partial charge in [0.1, 0.15) is 10.6 Å². The van der Waals surface area contributed by atoms with Crippen LogP contribution >= 0.6 is 0 Å². The molecule has 34 heavy (non-hydrogen) atoms. The molecule has 1 atom stereocenters. The molecule has 1 saturated heterocycles.